The van der Waals surface area contributed by atoms with Crippen molar-refractivity contribution in [2.24, 2.45) is 0 Å². The number of aldehydes is 1. The van der Waals surface area contributed by atoms with Crippen LogP contribution in [0.15, 0.2) is 12.1 Å². The highest BCUT2D eigenvalue weighted by Crippen LogP contribution is 2.07. The fraction of sp³-hybridized carbons (Fsp3) is 0.500. The lowest BCUT2D eigenvalue weighted by Gasteiger charge is -2.19. The van der Waals surface area contributed by atoms with E-state index in [4.69, 9.17) is 4.74 Å². The Bertz CT molecular complexity index is 464. The SMILES string of the molecule is Cc1cc(CCNC(=O)OC(C)(C)C)cc(C=O)n1. The number of rotatable bonds is 4. The van der Waals surface area contributed by atoms with Crippen LogP contribution in [0, 0.1) is 6.92 Å². The summed E-state index contributed by atoms with van der Waals surface area (Å²) in [6.45, 7) is 7.73. The molecule has 104 valence electrons. The van der Waals surface area contributed by atoms with Crippen LogP contribution in [0.4, 0.5) is 4.79 Å². The number of nitrogens with zero attached hydrogens (tertiary/aromatic N) is 1. The number of carbonyl (C=O) groups excluding carboxylic acids is 2. The Morgan fingerprint density at radius 3 is 2.68 bits per heavy atom. The zero-order valence-electron chi connectivity index (χ0n) is 11.8. The molecule has 5 heteroatoms. The Kier molecular flexibility index (Phi) is 5.03. The number of hydrogen-bond donors (Lipinski definition) is 1. The van der Waals surface area contributed by atoms with Crippen LogP contribution < -0.4 is 5.32 Å². The highest BCUT2D eigenvalue weighted by atomic mass is 16.6. The normalized spacial score (nSPS) is 10.9. The summed E-state index contributed by atoms with van der Waals surface area (Å²) in [6, 6.07) is 3.61. The van der Waals surface area contributed by atoms with Gasteiger partial charge in [0.05, 0.1) is 0 Å². The molecule has 0 saturated carbocycles. The average Bonchev–Trinajstić information content (AvgIpc) is 2.25. The van der Waals surface area contributed by atoms with Crippen LogP contribution >= 0.6 is 0 Å². The van der Waals surface area contributed by atoms with E-state index in [-0.39, 0.29) is 0 Å². The van der Waals surface area contributed by atoms with Crippen LogP contribution in [0.5, 0.6) is 0 Å². The topological polar surface area (TPSA) is 68.3 Å². The van der Waals surface area contributed by atoms with Gasteiger partial charge in [0, 0.05) is 12.2 Å². The first-order chi connectivity index (χ1) is 8.80. The van der Waals surface area contributed by atoms with Crippen LogP contribution in [-0.4, -0.2) is 29.5 Å². The number of carbonyl (C=O) groups is 2. The maximum Gasteiger partial charge on any atom is 0.407 e. The Hall–Kier alpha value is -1.91. The summed E-state index contributed by atoms with van der Waals surface area (Å²) in [5.41, 5.74) is 1.66. The fourth-order valence-electron chi connectivity index (χ4n) is 1.60. The van der Waals surface area contributed by atoms with Crippen molar-refractivity contribution in [2.75, 3.05) is 6.54 Å². The number of nitrogens with one attached hydrogen (secondary N) is 1. The minimum atomic E-state index is -0.498. The molecule has 0 bridgehead atoms. The van der Waals surface area contributed by atoms with Gasteiger partial charge in [-0.25, -0.2) is 4.79 Å². The first-order valence-corrected chi connectivity index (χ1v) is 6.20. The average molecular weight is 264 g/mol. The second-order valence-electron chi connectivity index (χ2n) is 5.34. The van der Waals surface area contributed by atoms with E-state index in [9.17, 15) is 9.59 Å². The summed E-state index contributed by atoms with van der Waals surface area (Å²) in [7, 11) is 0. The van der Waals surface area contributed by atoms with Crippen molar-refractivity contribution in [3.05, 3.63) is 29.1 Å². The molecule has 1 amide bonds. The summed E-state index contributed by atoms with van der Waals surface area (Å²) < 4.78 is 5.13. The van der Waals surface area contributed by atoms with E-state index in [0.717, 1.165) is 17.5 Å². The zero-order chi connectivity index (χ0) is 14.5. The van der Waals surface area contributed by atoms with Gasteiger partial charge in [-0.15, -0.1) is 0 Å². The van der Waals surface area contributed by atoms with E-state index in [1.54, 1.807) is 6.07 Å². The fourth-order valence-corrected chi connectivity index (χ4v) is 1.60. The van der Waals surface area contributed by atoms with Crippen LogP contribution in [0.3, 0.4) is 0 Å². The molecule has 1 aromatic rings. The van der Waals surface area contributed by atoms with Crippen molar-refractivity contribution in [3.63, 3.8) is 0 Å². The van der Waals surface area contributed by atoms with Crippen LogP contribution in [0.25, 0.3) is 0 Å². The Morgan fingerprint density at radius 1 is 1.42 bits per heavy atom. The van der Waals surface area contributed by atoms with Gasteiger partial charge < -0.3 is 10.1 Å². The summed E-state index contributed by atoms with van der Waals surface area (Å²) in [4.78, 5) is 26.2. The lowest BCUT2D eigenvalue weighted by Crippen LogP contribution is -2.33. The summed E-state index contributed by atoms with van der Waals surface area (Å²) >= 11 is 0. The standard InChI is InChI=1S/C14H20N2O3/c1-10-7-11(8-12(9-17)16-10)5-6-15-13(18)19-14(2,3)4/h7-9H,5-6H2,1-4H3,(H,15,18). The number of amides is 1. The van der Waals surface area contributed by atoms with Gasteiger partial charge in [0.25, 0.3) is 0 Å². The molecule has 5 nitrogen and oxygen atoms in total. The third kappa shape index (κ3) is 5.99. The highest BCUT2D eigenvalue weighted by molar-refractivity contribution is 5.72. The molecule has 0 aliphatic heterocycles. The van der Waals surface area contributed by atoms with Gasteiger partial charge in [-0.05, 0) is 51.8 Å². The minimum Gasteiger partial charge on any atom is -0.444 e. The lowest BCUT2D eigenvalue weighted by atomic mass is 10.1. The Balaban J connectivity index is 2.47. The van der Waals surface area contributed by atoms with Gasteiger partial charge in [-0.2, -0.15) is 0 Å². The molecule has 0 radical (unpaired) electrons. The van der Waals surface area contributed by atoms with Gasteiger partial charge in [0.15, 0.2) is 6.29 Å². The molecule has 1 heterocycles. The van der Waals surface area contributed by atoms with Crippen molar-refractivity contribution >= 4 is 12.4 Å². The van der Waals surface area contributed by atoms with Crippen molar-refractivity contribution in [1.29, 1.82) is 0 Å². The minimum absolute atomic E-state index is 0.410. The summed E-state index contributed by atoms with van der Waals surface area (Å²) in [5.74, 6) is 0. The molecule has 0 atom stereocenters. The molecule has 0 saturated heterocycles. The second-order valence-corrected chi connectivity index (χ2v) is 5.34. The van der Waals surface area contributed by atoms with Crippen molar-refractivity contribution in [2.45, 2.75) is 39.7 Å². The maximum absolute atomic E-state index is 11.4. The third-order valence-corrected chi connectivity index (χ3v) is 2.24. The Morgan fingerprint density at radius 2 is 2.11 bits per heavy atom. The first kappa shape index (κ1) is 15.1. The van der Waals surface area contributed by atoms with Gasteiger partial charge in [-0.1, -0.05) is 0 Å². The quantitative estimate of drug-likeness (QED) is 0.847. The molecular weight excluding hydrogens is 244 g/mol. The molecule has 1 rings (SSSR count). The van der Waals surface area contributed by atoms with E-state index in [2.05, 4.69) is 10.3 Å². The predicted molar refractivity (Wildman–Crippen MR) is 72.3 cm³/mol. The lowest BCUT2D eigenvalue weighted by molar-refractivity contribution is 0.0528. The van der Waals surface area contributed by atoms with Gasteiger partial charge in [-0.3, -0.25) is 9.78 Å². The molecule has 1 N–H and O–H groups in total. The molecule has 0 aromatic carbocycles. The van der Waals surface area contributed by atoms with Gasteiger partial charge in [0.1, 0.15) is 11.3 Å². The molecule has 0 aliphatic carbocycles. The maximum atomic E-state index is 11.4. The number of aryl methyl sites for hydroxylation is 1. The van der Waals surface area contributed by atoms with E-state index in [0.29, 0.717) is 18.7 Å². The monoisotopic (exact) mass is 264 g/mol. The summed E-state index contributed by atoms with van der Waals surface area (Å²) in [5, 5.41) is 2.67. The first-order valence-electron chi connectivity index (χ1n) is 6.20. The van der Waals surface area contributed by atoms with E-state index < -0.39 is 11.7 Å². The Labute approximate surface area is 113 Å². The molecule has 0 unspecified atom stereocenters. The van der Waals surface area contributed by atoms with Crippen molar-refractivity contribution in [3.8, 4) is 0 Å². The number of hydrogen-bond acceptors (Lipinski definition) is 4. The smallest absolute Gasteiger partial charge is 0.407 e. The van der Waals surface area contributed by atoms with E-state index in [1.165, 1.54) is 0 Å². The highest BCUT2D eigenvalue weighted by Gasteiger charge is 2.15. The molecule has 0 aliphatic rings. The number of aromatic nitrogens is 1. The number of pyridine rings is 1. The van der Waals surface area contributed by atoms with Crippen molar-refractivity contribution in [1.82, 2.24) is 10.3 Å². The van der Waals surface area contributed by atoms with E-state index >= 15 is 0 Å². The molecule has 1 aromatic heterocycles. The van der Waals surface area contributed by atoms with E-state index in [1.807, 2.05) is 33.8 Å². The molecule has 0 spiro atoms. The van der Waals surface area contributed by atoms with Crippen LogP contribution in [-0.2, 0) is 11.2 Å². The third-order valence-electron chi connectivity index (χ3n) is 2.24. The molecule has 0 fully saturated rings. The zero-order valence-corrected chi connectivity index (χ0v) is 11.8. The predicted octanol–water partition coefficient (Wildman–Crippen LogP) is 2.27. The number of ether oxygens (including phenoxy) is 1. The van der Waals surface area contributed by atoms with Gasteiger partial charge in [0.2, 0.25) is 0 Å². The summed E-state index contributed by atoms with van der Waals surface area (Å²) in [6.07, 6.45) is 0.912. The van der Waals surface area contributed by atoms with Crippen LogP contribution in [0.2, 0.25) is 0 Å². The van der Waals surface area contributed by atoms with Gasteiger partial charge >= 0.3 is 6.09 Å². The van der Waals surface area contributed by atoms with Crippen molar-refractivity contribution < 1.29 is 14.3 Å². The number of alkyl carbamates (subject to hydrolysis) is 1. The second kappa shape index (κ2) is 6.31. The molecular formula is C14H20N2O3. The largest absolute Gasteiger partial charge is 0.444 e. The van der Waals surface area contributed by atoms with Crippen LogP contribution in [0.1, 0.15) is 42.5 Å². The molecule has 19 heavy (non-hydrogen) atoms.